The molecule has 2 rings (SSSR count). The first-order chi connectivity index (χ1) is 6.27. The van der Waals surface area contributed by atoms with Gasteiger partial charge in [0, 0.05) is 11.6 Å². The number of hydrogen-bond acceptors (Lipinski definition) is 4. The zero-order chi connectivity index (χ0) is 9.26. The predicted molar refractivity (Wildman–Crippen MR) is 49.2 cm³/mol. The van der Waals surface area contributed by atoms with Crippen molar-refractivity contribution in [2.24, 2.45) is 0 Å². The number of Topliss-reactive ketones (excluding diaryl/α,β-unsaturated/α-hetero) is 1. The van der Waals surface area contributed by atoms with E-state index in [1.165, 1.54) is 18.3 Å². The molecule has 0 aliphatic carbocycles. The number of carbonyl (C=O) groups is 1. The molecule has 2 aromatic rings. The number of carbonyl (C=O) groups excluding carboxylic acids is 1. The van der Waals surface area contributed by atoms with E-state index in [4.69, 9.17) is 0 Å². The van der Waals surface area contributed by atoms with Crippen LogP contribution >= 0.6 is 11.3 Å². The van der Waals surface area contributed by atoms with E-state index in [0.717, 1.165) is 5.82 Å². The van der Waals surface area contributed by atoms with E-state index in [9.17, 15) is 4.79 Å². The van der Waals surface area contributed by atoms with Crippen LogP contribution in [0.3, 0.4) is 0 Å². The lowest BCUT2D eigenvalue weighted by atomic mass is 10.3. The molecule has 0 fully saturated rings. The molecule has 66 valence electrons. The van der Waals surface area contributed by atoms with Crippen molar-refractivity contribution in [1.82, 2.24) is 14.8 Å². The summed E-state index contributed by atoms with van der Waals surface area (Å²) in [4.78, 5) is 15.0. The Labute approximate surface area is 78.8 Å². The second kappa shape index (κ2) is 3.10. The van der Waals surface area contributed by atoms with Crippen LogP contribution in [-0.2, 0) is 0 Å². The van der Waals surface area contributed by atoms with E-state index in [1.54, 1.807) is 22.6 Å². The molecule has 0 radical (unpaired) electrons. The Balaban J connectivity index is 2.39. The lowest BCUT2D eigenvalue weighted by Crippen LogP contribution is -1.94. The molecule has 4 nitrogen and oxygen atoms in total. The van der Waals surface area contributed by atoms with Gasteiger partial charge in [-0.1, -0.05) is 0 Å². The SMILES string of the molecule is CC(=O)c1cnn(-c2cscn2)c1. The molecule has 0 aromatic carbocycles. The van der Waals surface area contributed by atoms with Crippen molar-refractivity contribution in [2.45, 2.75) is 6.92 Å². The summed E-state index contributed by atoms with van der Waals surface area (Å²) in [7, 11) is 0. The molecule has 0 saturated carbocycles. The van der Waals surface area contributed by atoms with E-state index >= 15 is 0 Å². The van der Waals surface area contributed by atoms with Crippen LogP contribution in [-0.4, -0.2) is 20.5 Å². The van der Waals surface area contributed by atoms with Gasteiger partial charge in [0.15, 0.2) is 11.6 Å². The largest absolute Gasteiger partial charge is 0.294 e. The van der Waals surface area contributed by atoms with Gasteiger partial charge in [0.05, 0.1) is 17.3 Å². The van der Waals surface area contributed by atoms with Crippen molar-refractivity contribution >= 4 is 17.1 Å². The molecule has 0 saturated heterocycles. The van der Waals surface area contributed by atoms with Crippen molar-refractivity contribution in [3.63, 3.8) is 0 Å². The van der Waals surface area contributed by atoms with E-state index in [-0.39, 0.29) is 5.78 Å². The van der Waals surface area contributed by atoms with Crippen molar-refractivity contribution in [3.05, 3.63) is 28.8 Å². The van der Waals surface area contributed by atoms with Gasteiger partial charge >= 0.3 is 0 Å². The van der Waals surface area contributed by atoms with Gasteiger partial charge < -0.3 is 0 Å². The van der Waals surface area contributed by atoms with Gasteiger partial charge in [-0.3, -0.25) is 4.79 Å². The van der Waals surface area contributed by atoms with E-state index in [1.807, 2.05) is 5.38 Å². The lowest BCUT2D eigenvalue weighted by molar-refractivity contribution is 0.101. The molecule has 2 heterocycles. The highest BCUT2D eigenvalue weighted by molar-refractivity contribution is 7.07. The van der Waals surface area contributed by atoms with E-state index in [0.29, 0.717) is 5.56 Å². The number of aromatic nitrogens is 3. The van der Waals surface area contributed by atoms with Crippen LogP contribution in [0.2, 0.25) is 0 Å². The van der Waals surface area contributed by atoms with Crippen LogP contribution in [0.1, 0.15) is 17.3 Å². The van der Waals surface area contributed by atoms with Crippen LogP contribution in [0, 0.1) is 0 Å². The quantitative estimate of drug-likeness (QED) is 0.679. The topological polar surface area (TPSA) is 47.8 Å². The number of hydrogen-bond donors (Lipinski definition) is 0. The maximum absolute atomic E-state index is 11.0. The average Bonchev–Trinajstić information content (AvgIpc) is 2.75. The summed E-state index contributed by atoms with van der Waals surface area (Å²) in [5.41, 5.74) is 2.33. The van der Waals surface area contributed by atoms with Gasteiger partial charge in [-0.15, -0.1) is 11.3 Å². The minimum Gasteiger partial charge on any atom is -0.294 e. The number of nitrogens with zero attached hydrogens (tertiary/aromatic N) is 3. The first-order valence-corrected chi connectivity index (χ1v) is 4.66. The average molecular weight is 193 g/mol. The summed E-state index contributed by atoms with van der Waals surface area (Å²) in [5, 5.41) is 5.89. The molecule has 0 aliphatic rings. The summed E-state index contributed by atoms with van der Waals surface area (Å²) in [6.07, 6.45) is 3.22. The Morgan fingerprint density at radius 2 is 2.46 bits per heavy atom. The number of ketones is 1. The number of thiazole rings is 1. The summed E-state index contributed by atoms with van der Waals surface area (Å²) in [6, 6.07) is 0. The molecular formula is C8H7N3OS. The van der Waals surface area contributed by atoms with Crippen LogP contribution in [0.4, 0.5) is 0 Å². The van der Waals surface area contributed by atoms with Crippen LogP contribution < -0.4 is 0 Å². The molecule has 5 heteroatoms. The number of rotatable bonds is 2. The maximum Gasteiger partial charge on any atom is 0.164 e. The minimum absolute atomic E-state index is 0.0153. The van der Waals surface area contributed by atoms with Gasteiger partial charge in [-0.2, -0.15) is 5.10 Å². The second-order valence-electron chi connectivity index (χ2n) is 2.58. The second-order valence-corrected chi connectivity index (χ2v) is 3.30. The zero-order valence-corrected chi connectivity index (χ0v) is 7.78. The molecule has 0 amide bonds. The van der Waals surface area contributed by atoms with Crippen LogP contribution in [0.15, 0.2) is 23.3 Å². The molecule has 0 N–H and O–H groups in total. The third-order valence-corrected chi connectivity index (χ3v) is 2.22. The van der Waals surface area contributed by atoms with E-state index in [2.05, 4.69) is 10.1 Å². The molecular weight excluding hydrogens is 186 g/mol. The van der Waals surface area contributed by atoms with Crippen molar-refractivity contribution in [1.29, 1.82) is 0 Å². The molecule has 13 heavy (non-hydrogen) atoms. The first kappa shape index (κ1) is 8.12. The highest BCUT2D eigenvalue weighted by atomic mass is 32.1. The van der Waals surface area contributed by atoms with Crippen LogP contribution in [0.25, 0.3) is 5.82 Å². The fourth-order valence-corrected chi connectivity index (χ4v) is 1.47. The predicted octanol–water partition coefficient (Wildman–Crippen LogP) is 1.53. The highest BCUT2D eigenvalue weighted by Gasteiger charge is 2.04. The Morgan fingerprint density at radius 3 is 3.00 bits per heavy atom. The van der Waals surface area contributed by atoms with Crippen molar-refractivity contribution in [3.8, 4) is 5.82 Å². The molecule has 0 atom stereocenters. The highest BCUT2D eigenvalue weighted by Crippen LogP contribution is 2.08. The third-order valence-electron chi connectivity index (χ3n) is 1.64. The molecule has 0 aliphatic heterocycles. The van der Waals surface area contributed by atoms with Gasteiger partial charge in [-0.05, 0) is 6.92 Å². The van der Waals surface area contributed by atoms with Crippen molar-refractivity contribution < 1.29 is 4.79 Å². The standard InChI is InChI=1S/C8H7N3OS/c1-6(12)7-2-10-11(3-7)8-4-13-5-9-8/h2-5H,1H3. The van der Waals surface area contributed by atoms with Gasteiger partial charge in [0.2, 0.25) is 0 Å². The summed E-state index contributed by atoms with van der Waals surface area (Å²) < 4.78 is 1.59. The normalized spacial score (nSPS) is 10.2. The third kappa shape index (κ3) is 1.50. The Hall–Kier alpha value is -1.49. The smallest absolute Gasteiger partial charge is 0.164 e. The van der Waals surface area contributed by atoms with Gasteiger partial charge in [0.1, 0.15) is 0 Å². The lowest BCUT2D eigenvalue weighted by Gasteiger charge is -1.91. The van der Waals surface area contributed by atoms with Gasteiger partial charge in [-0.25, -0.2) is 9.67 Å². The fourth-order valence-electron chi connectivity index (χ4n) is 0.949. The maximum atomic E-state index is 11.0. The van der Waals surface area contributed by atoms with Gasteiger partial charge in [0.25, 0.3) is 0 Å². The first-order valence-electron chi connectivity index (χ1n) is 3.71. The molecule has 0 unspecified atom stereocenters. The van der Waals surface area contributed by atoms with E-state index < -0.39 is 0 Å². The van der Waals surface area contributed by atoms with Crippen molar-refractivity contribution in [2.75, 3.05) is 0 Å². The Morgan fingerprint density at radius 1 is 1.62 bits per heavy atom. The monoisotopic (exact) mass is 193 g/mol. The summed E-state index contributed by atoms with van der Waals surface area (Å²) in [5.74, 6) is 0.763. The Kier molecular flexibility index (Phi) is 1.94. The molecule has 0 spiro atoms. The fraction of sp³-hybridized carbons (Fsp3) is 0.125. The molecule has 2 aromatic heterocycles. The van der Waals surface area contributed by atoms with Crippen LogP contribution in [0.5, 0.6) is 0 Å². The summed E-state index contributed by atoms with van der Waals surface area (Å²) in [6.45, 7) is 1.52. The zero-order valence-electron chi connectivity index (χ0n) is 6.97. The summed E-state index contributed by atoms with van der Waals surface area (Å²) >= 11 is 1.50. The minimum atomic E-state index is 0.0153. The molecule has 0 bridgehead atoms. The Bertz CT molecular complexity index is 418.